The van der Waals surface area contributed by atoms with Crippen molar-refractivity contribution in [2.75, 3.05) is 0 Å². The van der Waals surface area contributed by atoms with Gasteiger partial charge >= 0.3 is 0 Å². The van der Waals surface area contributed by atoms with E-state index in [9.17, 15) is 0 Å². The maximum absolute atomic E-state index is 5.15. The fourth-order valence-corrected chi connectivity index (χ4v) is 6.32. The molecule has 18 rings (SSSR count). The summed E-state index contributed by atoms with van der Waals surface area (Å²) in [6.07, 6.45) is 0. The Morgan fingerprint density at radius 1 is 0.182 bits per heavy atom. The number of aromatic nitrogens is 2. The van der Waals surface area contributed by atoms with E-state index in [2.05, 4.69) is 158 Å². The Labute approximate surface area is 253 Å². The lowest BCUT2D eigenvalue weighted by Gasteiger charge is -2.05. The van der Waals surface area contributed by atoms with E-state index in [0.717, 1.165) is 43.6 Å². The summed E-state index contributed by atoms with van der Waals surface area (Å²) >= 11 is 0. The molecule has 2 heteroatoms. The van der Waals surface area contributed by atoms with Crippen LogP contribution in [0.1, 0.15) is 0 Å². The third-order valence-corrected chi connectivity index (χ3v) is 8.87. The molecule has 12 heterocycles. The van der Waals surface area contributed by atoms with E-state index in [1.807, 2.05) is 0 Å². The second-order valence-electron chi connectivity index (χ2n) is 11.5. The molecule has 6 aromatic carbocycles. The van der Waals surface area contributed by atoms with Gasteiger partial charge in [0, 0.05) is 21.5 Å². The normalized spacial score (nSPS) is 11.6. The predicted molar refractivity (Wildman–Crippen MR) is 189 cm³/mol. The van der Waals surface area contributed by atoms with Gasteiger partial charge in [-0.1, -0.05) is 146 Å². The van der Waals surface area contributed by atoms with Gasteiger partial charge in [0.2, 0.25) is 0 Å². The zero-order chi connectivity index (χ0) is 29.0. The average Bonchev–Trinajstić information content (AvgIpc) is 3.11. The standard InChI is InChI=1S/C42H26N2/c1-2-28-4-3-27(1)29-5-9-31(10-6-29)33-13-17-35(18-14-33)39-25-23-37-21-22-38-24-26-40(44-42(38)41(37)43-39)36-19-15-34(16-20-36)32-11-7-30(28)8-12-32/h1-26H. The molecule has 2 nitrogen and oxygen atoms in total. The molecule has 0 aliphatic rings. The van der Waals surface area contributed by atoms with Crippen LogP contribution in [0.15, 0.2) is 158 Å². The SMILES string of the molecule is c1cc2ccc1c1ccc(cc1)c1ccc(cc1)c1ccc3ccc4ccc(nc4c3n1)c1ccc(cc1)c1ccc2cc1. The van der Waals surface area contributed by atoms with Gasteiger partial charge in [-0.3, -0.25) is 0 Å². The van der Waals surface area contributed by atoms with Crippen molar-refractivity contribution >= 4 is 86.7 Å². The molecule has 44 heavy (non-hydrogen) atoms. The summed E-state index contributed by atoms with van der Waals surface area (Å²) in [6.45, 7) is 0. The first-order chi connectivity index (χ1) is 21.7. The van der Waals surface area contributed by atoms with Crippen LogP contribution in [-0.4, -0.2) is 9.97 Å². The monoisotopic (exact) mass is 558 g/mol. The summed E-state index contributed by atoms with van der Waals surface area (Å²) in [4.78, 5) is 10.3. The minimum atomic E-state index is 0.924. The van der Waals surface area contributed by atoms with Crippen molar-refractivity contribution in [3.63, 3.8) is 0 Å². The molecule has 0 saturated carbocycles. The van der Waals surface area contributed by atoms with Crippen LogP contribution < -0.4 is 0 Å². The van der Waals surface area contributed by atoms with E-state index in [-0.39, 0.29) is 0 Å². The highest BCUT2D eigenvalue weighted by Gasteiger charge is 2.06. The molecule has 0 spiro atoms. The molecule has 14 bridgehead atoms. The Balaban J connectivity index is 1.35. The Morgan fingerprint density at radius 3 is 0.614 bits per heavy atom. The van der Waals surface area contributed by atoms with Crippen molar-refractivity contribution in [3.8, 4) is 0 Å². The fourth-order valence-electron chi connectivity index (χ4n) is 6.32. The van der Waals surface area contributed by atoms with Gasteiger partial charge in [-0.15, -0.1) is 0 Å². The minimum Gasteiger partial charge on any atom is -0.245 e. The van der Waals surface area contributed by atoms with Gasteiger partial charge in [0.15, 0.2) is 0 Å². The second-order valence-corrected chi connectivity index (χ2v) is 11.5. The number of hydrogen-bond acceptors (Lipinski definition) is 2. The van der Waals surface area contributed by atoms with Gasteiger partial charge in [-0.2, -0.15) is 0 Å². The van der Waals surface area contributed by atoms with Gasteiger partial charge < -0.3 is 0 Å². The summed E-state index contributed by atoms with van der Waals surface area (Å²) in [5.41, 5.74) is 3.73. The van der Waals surface area contributed by atoms with E-state index >= 15 is 0 Å². The fraction of sp³-hybridized carbons (Fsp3) is 0. The molecule has 0 radical (unpaired) electrons. The topological polar surface area (TPSA) is 25.8 Å². The van der Waals surface area contributed by atoms with Crippen LogP contribution in [0, 0.1) is 0 Å². The number of pyridine rings is 2. The van der Waals surface area contributed by atoms with Crippen molar-refractivity contribution in [2.24, 2.45) is 0 Å². The first-order valence-corrected chi connectivity index (χ1v) is 15.0. The van der Waals surface area contributed by atoms with Gasteiger partial charge in [0.05, 0.1) is 22.1 Å². The smallest absolute Gasteiger partial charge is 0.0972 e. The third-order valence-electron chi connectivity index (χ3n) is 8.87. The Bertz CT molecular complexity index is 2430. The lowest BCUT2D eigenvalue weighted by atomic mass is 10.1. The van der Waals surface area contributed by atoms with Gasteiger partial charge in [0.25, 0.3) is 0 Å². The number of rotatable bonds is 0. The van der Waals surface area contributed by atoms with E-state index in [4.69, 9.17) is 9.97 Å². The quantitative estimate of drug-likeness (QED) is 0.173. The lowest BCUT2D eigenvalue weighted by molar-refractivity contribution is 1.46. The average molecular weight is 559 g/mol. The van der Waals surface area contributed by atoms with Crippen LogP contribution >= 0.6 is 0 Å². The molecule has 204 valence electrons. The molecule has 0 N–H and O–H groups in total. The van der Waals surface area contributed by atoms with Gasteiger partial charge in [0.1, 0.15) is 0 Å². The highest BCUT2D eigenvalue weighted by molar-refractivity contribution is 6.06. The van der Waals surface area contributed by atoms with Crippen LogP contribution in [0.2, 0.25) is 0 Å². The number of benzene rings is 6. The molecule has 0 aliphatic heterocycles. The van der Waals surface area contributed by atoms with Crippen molar-refractivity contribution in [1.29, 1.82) is 0 Å². The van der Waals surface area contributed by atoms with E-state index in [1.54, 1.807) is 0 Å². The van der Waals surface area contributed by atoms with Crippen molar-refractivity contribution < 1.29 is 0 Å². The predicted octanol–water partition coefficient (Wildman–Crippen LogP) is 11.4. The van der Waals surface area contributed by atoms with E-state index < -0.39 is 0 Å². The second kappa shape index (κ2) is 9.86. The van der Waals surface area contributed by atoms with Crippen LogP contribution in [0.25, 0.3) is 86.7 Å². The third kappa shape index (κ3) is 4.20. The van der Waals surface area contributed by atoms with E-state index in [0.29, 0.717) is 0 Å². The zero-order valence-corrected chi connectivity index (χ0v) is 23.9. The molecule has 0 amide bonds. The molecule has 0 fully saturated rings. The summed E-state index contributed by atoms with van der Waals surface area (Å²) in [6, 6.07) is 56.7. The largest absolute Gasteiger partial charge is 0.245 e. The molecule has 0 unspecified atom stereocenters. The summed E-state index contributed by atoms with van der Waals surface area (Å²) in [5.74, 6) is 0. The van der Waals surface area contributed by atoms with Gasteiger partial charge in [-0.25, -0.2) is 9.97 Å². The molecule has 0 aliphatic carbocycles. The Kier molecular flexibility index (Phi) is 5.54. The van der Waals surface area contributed by atoms with Crippen LogP contribution in [0.5, 0.6) is 0 Å². The zero-order valence-electron chi connectivity index (χ0n) is 23.9. The lowest BCUT2D eigenvalue weighted by Crippen LogP contribution is -1.87. The van der Waals surface area contributed by atoms with Crippen LogP contribution in [0.3, 0.4) is 0 Å². The van der Waals surface area contributed by atoms with Crippen LogP contribution in [0.4, 0.5) is 0 Å². The van der Waals surface area contributed by atoms with Crippen molar-refractivity contribution in [3.05, 3.63) is 158 Å². The number of hydrogen-bond donors (Lipinski definition) is 0. The Morgan fingerprint density at radius 2 is 0.364 bits per heavy atom. The van der Waals surface area contributed by atoms with E-state index in [1.165, 1.54) is 43.1 Å². The molecule has 0 atom stereocenters. The molecular formula is C42H26N2. The van der Waals surface area contributed by atoms with Crippen molar-refractivity contribution in [2.45, 2.75) is 0 Å². The Hall–Kier alpha value is -5.86. The van der Waals surface area contributed by atoms with Gasteiger partial charge in [-0.05, 0) is 55.2 Å². The van der Waals surface area contributed by atoms with Crippen molar-refractivity contribution in [1.82, 2.24) is 9.97 Å². The molecule has 0 saturated heterocycles. The number of nitrogens with zero attached hydrogens (tertiary/aromatic N) is 2. The first-order valence-electron chi connectivity index (χ1n) is 15.0. The maximum Gasteiger partial charge on any atom is 0.0972 e. The van der Waals surface area contributed by atoms with Crippen LogP contribution in [-0.2, 0) is 0 Å². The maximum atomic E-state index is 5.15. The highest BCUT2D eigenvalue weighted by Crippen LogP contribution is 2.27. The molecule has 12 aromatic heterocycles. The molecular weight excluding hydrogens is 532 g/mol. The molecule has 18 aromatic rings. The highest BCUT2D eigenvalue weighted by atomic mass is 14.8. The summed E-state index contributed by atoms with van der Waals surface area (Å²) in [7, 11) is 0. The minimum absolute atomic E-state index is 0.924. The first kappa shape index (κ1) is 24.7. The summed E-state index contributed by atoms with van der Waals surface area (Å²) in [5, 5.41) is 14.0. The summed E-state index contributed by atoms with van der Waals surface area (Å²) < 4.78 is 0.